The third kappa shape index (κ3) is 2.47. The van der Waals surface area contributed by atoms with Crippen LogP contribution in [0.15, 0.2) is 22.6 Å². The molecule has 0 spiro atoms. The Hall–Kier alpha value is -1.97. The van der Waals surface area contributed by atoms with Crippen LogP contribution in [-0.2, 0) is 0 Å². The summed E-state index contributed by atoms with van der Waals surface area (Å²) in [6.45, 7) is 4.92. The maximum atomic E-state index is 12.9. The van der Waals surface area contributed by atoms with Crippen LogP contribution in [0.25, 0.3) is 11.0 Å². The lowest BCUT2D eigenvalue weighted by molar-refractivity contribution is 0.0577. The van der Waals surface area contributed by atoms with Gasteiger partial charge in [-0.1, -0.05) is 6.92 Å². The topological polar surface area (TPSA) is 42.7 Å². The van der Waals surface area contributed by atoms with Crippen molar-refractivity contribution < 1.29 is 13.9 Å². The van der Waals surface area contributed by atoms with E-state index in [9.17, 15) is 4.79 Å². The first kappa shape index (κ1) is 14.9. The van der Waals surface area contributed by atoms with Gasteiger partial charge in [0.1, 0.15) is 11.3 Å². The number of fused-ring (bicyclic) bond motifs is 1. The highest BCUT2D eigenvalue weighted by atomic mass is 16.5. The van der Waals surface area contributed by atoms with Gasteiger partial charge < -0.3 is 14.1 Å². The molecule has 22 heavy (non-hydrogen) atoms. The Morgan fingerprint density at radius 2 is 2.23 bits per heavy atom. The molecule has 0 radical (unpaired) electrons. The number of nitrogens with zero attached hydrogens (tertiary/aromatic N) is 1. The van der Waals surface area contributed by atoms with E-state index in [2.05, 4.69) is 6.92 Å². The van der Waals surface area contributed by atoms with Gasteiger partial charge in [0.2, 0.25) is 0 Å². The number of carbonyl (C=O) groups excluding carboxylic acids is 1. The minimum absolute atomic E-state index is 0.0271. The fourth-order valence-corrected chi connectivity index (χ4v) is 3.35. The predicted molar refractivity (Wildman–Crippen MR) is 86.5 cm³/mol. The first-order valence-electron chi connectivity index (χ1n) is 8.03. The molecule has 2 aromatic rings. The Morgan fingerprint density at radius 1 is 1.41 bits per heavy atom. The fourth-order valence-electron chi connectivity index (χ4n) is 3.35. The molecule has 1 atom stereocenters. The van der Waals surface area contributed by atoms with Crippen LogP contribution in [0, 0.1) is 6.92 Å². The first-order chi connectivity index (χ1) is 10.7. The van der Waals surface area contributed by atoms with Crippen LogP contribution in [0.4, 0.5) is 0 Å². The zero-order valence-corrected chi connectivity index (χ0v) is 13.5. The maximum Gasteiger partial charge on any atom is 0.290 e. The van der Waals surface area contributed by atoms with Gasteiger partial charge in [-0.15, -0.1) is 0 Å². The summed E-state index contributed by atoms with van der Waals surface area (Å²) in [5.74, 6) is 1.28. The van der Waals surface area contributed by atoms with Gasteiger partial charge in [0.25, 0.3) is 5.91 Å². The Kier molecular flexibility index (Phi) is 4.10. The molecule has 1 aliphatic heterocycles. The first-order valence-corrected chi connectivity index (χ1v) is 8.03. The summed E-state index contributed by atoms with van der Waals surface area (Å²) in [4.78, 5) is 14.9. The van der Waals surface area contributed by atoms with E-state index in [4.69, 9.17) is 9.15 Å². The average molecular weight is 301 g/mol. The van der Waals surface area contributed by atoms with Gasteiger partial charge in [0.05, 0.1) is 7.11 Å². The van der Waals surface area contributed by atoms with E-state index in [-0.39, 0.29) is 5.91 Å². The monoisotopic (exact) mass is 301 g/mol. The molecule has 1 aromatic carbocycles. The number of rotatable bonds is 3. The number of ether oxygens (including phenoxy) is 1. The minimum atomic E-state index is 0.0271. The van der Waals surface area contributed by atoms with Crippen molar-refractivity contribution in [2.45, 2.75) is 45.6 Å². The van der Waals surface area contributed by atoms with Crippen LogP contribution in [0.5, 0.6) is 5.75 Å². The molecular formula is C18H23NO3. The average Bonchev–Trinajstić information content (AvgIpc) is 2.90. The van der Waals surface area contributed by atoms with Crippen LogP contribution in [-0.4, -0.2) is 30.5 Å². The number of hydrogen-bond donors (Lipinski definition) is 0. The molecule has 1 aromatic heterocycles. The van der Waals surface area contributed by atoms with Crippen LogP contribution >= 0.6 is 0 Å². The van der Waals surface area contributed by atoms with Gasteiger partial charge in [-0.25, -0.2) is 0 Å². The molecule has 1 unspecified atom stereocenters. The fraction of sp³-hybridized carbons (Fsp3) is 0.500. The van der Waals surface area contributed by atoms with E-state index in [1.54, 1.807) is 7.11 Å². The maximum absolute atomic E-state index is 12.9. The van der Waals surface area contributed by atoms with Gasteiger partial charge in [0.15, 0.2) is 5.76 Å². The van der Waals surface area contributed by atoms with E-state index in [1.165, 1.54) is 6.42 Å². The summed E-state index contributed by atoms with van der Waals surface area (Å²) >= 11 is 0. The normalized spacial score (nSPS) is 18.7. The molecule has 3 rings (SSSR count). The lowest BCUT2D eigenvalue weighted by atomic mass is 9.99. The summed E-state index contributed by atoms with van der Waals surface area (Å²) in [7, 11) is 1.64. The molecular weight excluding hydrogens is 278 g/mol. The summed E-state index contributed by atoms with van der Waals surface area (Å²) in [5, 5.41) is 0.952. The molecule has 0 bridgehead atoms. The van der Waals surface area contributed by atoms with Crippen molar-refractivity contribution >= 4 is 16.9 Å². The van der Waals surface area contributed by atoms with Gasteiger partial charge in [0, 0.05) is 23.5 Å². The Labute approximate surface area is 131 Å². The van der Waals surface area contributed by atoms with Crippen LogP contribution in [0.3, 0.4) is 0 Å². The van der Waals surface area contributed by atoms with Gasteiger partial charge >= 0.3 is 0 Å². The summed E-state index contributed by atoms with van der Waals surface area (Å²) in [6, 6.07) is 5.99. The quantitative estimate of drug-likeness (QED) is 0.855. The molecule has 4 nitrogen and oxygen atoms in total. The number of piperidine rings is 1. The smallest absolute Gasteiger partial charge is 0.290 e. The van der Waals surface area contributed by atoms with Gasteiger partial charge in [-0.2, -0.15) is 0 Å². The standard InChI is InChI=1S/C18H23NO3/c1-4-13-7-5-6-10-19(13)18(20)17-12(2)15-11-14(21-3)8-9-16(15)22-17/h8-9,11,13H,4-7,10H2,1-3H3. The molecule has 0 N–H and O–H groups in total. The van der Waals surface area contributed by atoms with E-state index < -0.39 is 0 Å². The lowest BCUT2D eigenvalue weighted by Crippen LogP contribution is -2.43. The zero-order valence-electron chi connectivity index (χ0n) is 13.5. The second kappa shape index (κ2) is 6.03. The summed E-state index contributed by atoms with van der Waals surface area (Å²) in [6.07, 6.45) is 4.38. The molecule has 1 amide bonds. The number of methoxy groups -OCH3 is 1. The number of hydrogen-bond acceptors (Lipinski definition) is 3. The molecule has 1 saturated heterocycles. The second-order valence-corrected chi connectivity index (χ2v) is 5.97. The van der Waals surface area contributed by atoms with Crippen molar-refractivity contribution in [1.29, 1.82) is 0 Å². The van der Waals surface area contributed by atoms with E-state index >= 15 is 0 Å². The molecule has 118 valence electrons. The molecule has 1 fully saturated rings. The number of aryl methyl sites for hydroxylation is 1. The van der Waals surface area contributed by atoms with Crippen molar-refractivity contribution in [2.24, 2.45) is 0 Å². The van der Waals surface area contributed by atoms with Gasteiger partial charge in [-0.05, 0) is 50.8 Å². The highest BCUT2D eigenvalue weighted by Gasteiger charge is 2.29. The van der Waals surface area contributed by atoms with Gasteiger partial charge in [-0.3, -0.25) is 4.79 Å². The van der Waals surface area contributed by atoms with Crippen molar-refractivity contribution in [3.8, 4) is 5.75 Å². The van der Waals surface area contributed by atoms with Crippen LogP contribution in [0.1, 0.15) is 48.7 Å². The van der Waals surface area contributed by atoms with Crippen LogP contribution in [0.2, 0.25) is 0 Å². The van der Waals surface area contributed by atoms with E-state index in [1.807, 2.05) is 30.0 Å². The highest BCUT2D eigenvalue weighted by Crippen LogP contribution is 2.31. The Bertz CT molecular complexity index is 689. The molecule has 0 aliphatic carbocycles. The van der Waals surface area contributed by atoms with Crippen molar-refractivity contribution in [1.82, 2.24) is 4.90 Å². The van der Waals surface area contributed by atoms with E-state index in [0.29, 0.717) is 11.8 Å². The Balaban J connectivity index is 1.98. The number of amides is 1. The van der Waals surface area contributed by atoms with E-state index in [0.717, 1.165) is 48.1 Å². The molecule has 2 heterocycles. The highest BCUT2D eigenvalue weighted by molar-refractivity contribution is 5.99. The second-order valence-electron chi connectivity index (χ2n) is 5.97. The summed E-state index contributed by atoms with van der Waals surface area (Å²) < 4.78 is 11.1. The molecule has 4 heteroatoms. The minimum Gasteiger partial charge on any atom is -0.497 e. The zero-order chi connectivity index (χ0) is 15.7. The molecule has 0 saturated carbocycles. The van der Waals surface area contributed by atoms with Crippen molar-refractivity contribution in [3.05, 3.63) is 29.5 Å². The number of benzene rings is 1. The summed E-state index contributed by atoms with van der Waals surface area (Å²) in [5.41, 5.74) is 1.64. The predicted octanol–water partition coefficient (Wildman–Crippen LogP) is 4.15. The third-order valence-corrected chi connectivity index (χ3v) is 4.70. The van der Waals surface area contributed by atoms with Crippen LogP contribution < -0.4 is 4.74 Å². The number of likely N-dealkylation sites (tertiary alicyclic amines) is 1. The Morgan fingerprint density at radius 3 is 2.95 bits per heavy atom. The lowest BCUT2D eigenvalue weighted by Gasteiger charge is -2.34. The third-order valence-electron chi connectivity index (χ3n) is 4.70. The number of carbonyl (C=O) groups is 1. The SMILES string of the molecule is CCC1CCCCN1C(=O)c1oc2ccc(OC)cc2c1C. The molecule has 1 aliphatic rings. The number of furan rings is 1. The largest absolute Gasteiger partial charge is 0.497 e. The van der Waals surface area contributed by atoms with Crippen molar-refractivity contribution in [2.75, 3.05) is 13.7 Å². The van der Waals surface area contributed by atoms with Crippen molar-refractivity contribution in [3.63, 3.8) is 0 Å².